The third-order valence-electron chi connectivity index (χ3n) is 1.08. The van der Waals surface area contributed by atoms with Crippen LogP contribution in [0.5, 0.6) is 0 Å². The van der Waals surface area contributed by atoms with Crippen LogP contribution in [0.25, 0.3) is 0 Å². The van der Waals surface area contributed by atoms with Crippen LogP contribution in [0.1, 0.15) is 0 Å². The Morgan fingerprint density at radius 2 is 1.87 bits per heavy atom. The van der Waals surface area contributed by atoms with Crippen LogP contribution in [0.4, 0.5) is 0 Å². The highest BCUT2D eigenvalue weighted by Crippen LogP contribution is 2.07. The molecule has 0 saturated heterocycles. The molecule has 90 valence electrons. The van der Waals surface area contributed by atoms with Crippen LogP contribution in [-0.4, -0.2) is 51.1 Å². The van der Waals surface area contributed by atoms with Gasteiger partial charge in [0.25, 0.3) is 0 Å². The molecule has 7 nitrogen and oxygen atoms in total. The summed E-state index contributed by atoms with van der Waals surface area (Å²) >= 11 is 0. The molecule has 0 atom stereocenters. The predicted molar refractivity (Wildman–Crippen MR) is 54.8 cm³/mol. The molecule has 15 heavy (non-hydrogen) atoms. The third kappa shape index (κ3) is 13.7. The number of primary amides is 1. The summed E-state index contributed by atoms with van der Waals surface area (Å²) in [6.45, 7) is 0.451. The van der Waals surface area contributed by atoms with Crippen molar-refractivity contribution in [2.75, 3.05) is 32.2 Å². The first-order chi connectivity index (χ1) is 6.92. The van der Waals surface area contributed by atoms with E-state index in [9.17, 15) is 13.2 Å². The molecule has 0 unspecified atom stereocenters. The first kappa shape index (κ1) is 14.6. The van der Waals surface area contributed by atoms with Gasteiger partial charge in [0.15, 0.2) is 0 Å². The second-order valence-corrected chi connectivity index (χ2v) is 5.85. The Hall–Kier alpha value is -0.350. The van der Waals surface area contributed by atoms with E-state index >= 15 is 0 Å². The zero-order valence-corrected chi connectivity index (χ0v) is 9.55. The van der Waals surface area contributed by atoms with Crippen molar-refractivity contribution in [3.05, 3.63) is 0 Å². The summed E-state index contributed by atoms with van der Waals surface area (Å²) < 4.78 is 38.5. The van der Waals surface area contributed by atoms with Crippen molar-refractivity contribution >= 4 is 25.9 Å². The molecule has 0 spiro atoms. The van der Waals surface area contributed by atoms with Gasteiger partial charge in [-0.15, -0.1) is 0 Å². The number of nitrogens with two attached hydrogens (primary N) is 1. The van der Waals surface area contributed by atoms with Crippen molar-refractivity contribution in [3.8, 4) is 0 Å². The maximum atomic E-state index is 10.2. The molecule has 0 rings (SSSR count). The Morgan fingerprint density at radius 1 is 1.27 bits per heavy atom. The zero-order valence-electron chi connectivity index (χ0n) is 7.92. The molecule has 3 N–H and O–H groups in total. The standard InChI is InChI=1S/C6H13NO6S2/c7-6(8)5-13-2-1-12-3-4-14-15(9,10)11/h1-5H2,(H2,7,8)(H,9,10,11). The van der Waals surface area contributed by atoms with Gasteiger partial charge >= 0.3 is 9.15 Å². The van der Waals surface area contributed by atoms with Gasteiger partial charge in [0, 0.05) is 5.75 Å². The largest absolute Gasteiger partial charge is 0.378 e. The van der Waals surface area contributed by atoms with Gasteiger partial charge in [-0.2, -0.15) is 8.42 Å². The highest BCUT2D eigenvalue weighted by molar-refractivity contribution is 8.69. The number of hydrogen-bond acceptors (Lipinski definition) is 6. The molecule has 0 heterocycles. The minimum absolute atomic E-state index is 0.134. The molecule has 0 radical (unpaired) electrons. The molecule has 0 aliphatic rings. The van der Waals surface area contributed by atoms with Gasteiger partial charge in [-0.1, -0.05) is 0 Å². The van der Waals surface area contributed by atoms with Gasteiger partial charge in [0.05, 0.1) is 19.8 Å². The summed E-state index contributed by atoms with van der Waals surface area (Å²) in [7, 11) is -3.60. The highest BCUT2D eigenvalue weighted by Gasteiger charge is 2.03. The van der Waals surface area contributed by atoms with Gasteiger partial charge in [-0.3, -0.25) is 9.35 Å². The number of amides is 1. The normalized spacial score (nSPS) is 11.5. The molecule has 1 amide bonds. The monoisotopic (exact) mass is 259 g/mol. The van der Waals surface area contributed by atoms with E-state index in [2.05, 4.69) is 0 Å². The summed E-state index contributed by atoms with van der Waals surface area (Å²) in [6, 6.07) is 0. The van der Waals surface area contributed by atoms with Crippen molar-refractivity contribution in [2.24, 2.45) is 5.73 Å². The molecular weight excluding hydrogens is 246 g/mol. The lowest BCUT2D eigenvalue weighted by Gasteiger charge is -2.03. The molecule has 0 aromatic carbocycles. The van der Waals surface area contributed by atoms with Crippen molar-refractivity contribution in [1.82, 2.24) is 0 Å². The van der Waals surface area contributed by atoms with Gasteiger partial charge in [-0.05, 0) is 10.8 Å². The van der Waals surface area contributed by atoms with Crippen LogP contribution in [-0.2, 0) is 23.4 Å². The van der Waals surface area contributed by atoms with E-state index in [4.69, 9.17) is 19.8 Å². The molecule has 0 aromatic rings. The van der Waals surface area contributed by atoms with Crippen LogP contribution in [0, 0.1) is 0 Å². The number of rotatable bonds is 9. The summed E-state index contributed by atoms with van der Waals surface area (Å²) in [5, 5.41) is 0. The van der Waals surface area contributed by atoms with Gasteiger partial charge in [0.2, 0.25) is 5.91 Å². The van der Waals surface area contributed by atoms with E-state index in [1.54, 1.807) is 0 Å². The van der Waals surface area contributed by atoms with Crippen molar-refractivity contribution < 1.29 is 27.2 Å². The molecule has 0 fully saturated rings. The smallest absolute Gasteiger partial charge is 0.319 e. The Balaban J connectivity index is 3.16. The minimum atomic E-state index is -3.99. The molecule has 0 aromatic heterocycles. The fourth-order valence-corrected chi connectivity index (χ4v) is 1.82. The van der Waals surface area contributed by atoms with Gasteiger partial charge in [-0.25, -0.2) is 0 Å². The second-order valence-electron chi connectivity index (χ2n) is 2.38. The van der Waals surface area contributed by atoms with E-state index in [0.29, 0.717) is 10.8 Å². The van der Waals surface area contributed by atoms with Crippen molar-refractivity contribution in [2.45, 2.75) is 0 Å². The number of carbonyl (C=O) groups is 1. The first-order valence-corrected chi connectivity index (χ1v) is 6.91. The lowest BCUT2D eigenvalue weighted by atomic mass is 10.7. The lowest BCUT2D eigenvalue weighted by molar-refractivity contribution is -0.123. The van der Waals surface area contributed by atoms with Gasteiger partial charge < -0.3 is 15.2 Å². The Morgan fingerprint density at radius 3 is 2.40 bits per heavy atom. The molecular formula is C6H13NO6S2. The molecule has 0 aliphatic heterocycles. The fraction of sp³-hybridized carbons (Fsp3) is 0.833. The minimum Gasteiger partial charge on any atom is -0.378 e. The predicted octanol–water partition coefficient (Wildman–Crippen LogP) is -0.959. The average molecular weight is 259 g/mol. The topological polar surface area (TPSA) is 116 Å². The van der Waals surface area contributed by atoms with Crippen LogP contribution in [0.2, 0.25) is 0 Å². The van der Waals surface area contributed by atoms with Gasteiger partial charge in [0.1, 0.15) is 6.61 Å². The van der Waals surface area contributed by atoms with Crippen LogP contribution in [0.15, 0.2) is 0 Å². The SMILES string of the molecule is NC(=O)COCCOCCSS(=O)(=O)O. The number of ether oxygens (including phenoxy) is 2. The molecule has 0 aliphatic carbocycles. The Bertz CT molecular complexity index is 277. The van der Waals surface area contributed by atoms with Crippen LogP contribution < -0.4 is 5.73 Å². The van der Waals surface area contributed by atoms with Crippen molar-refractivity contribution in [1.29, 1.82) is 0 Å². The summed E-state index contributed by atoms with van der Waals surface area (Å²) in [6.07, 6.45) is 0. The molecule has 0 saturated carbocycles. The summed E-state index contributed by atoms with van der Waals surface area (Å²) in [5.41, 5.74) is 4.80. The fourth-order valence-electron chi connectivity index (χ4n) is 0.591. The van der Waals surface area contributed by atoms with E-state index in [1.165, 1.54) is 0 Å². The Labute approximate surface area is 91.4 Å². The van der Waals surface area contributed by atoms with Crippen LogP contribution in [0.3, 0.4) is 0 Å². The molecule has 0 bridgehead atoms. The maximum absolute atomic E-state index is 10.2. The van der Waals surface area contributed by atoms with E-state index in [0.717, 1.165) is 0 Å². The number of carbonyl (C=O) groups excluding carboxylic acids is 1. The summed E-state index contributed by atoms with van der Waals surface area (Å²) in [4.78, 5) is 10.2. The lowest BCUT2D eigenvalue weighted by Crippen LogP contribution is -2.19. The average Bonchev–Trinajstić information content (AvgIpc) is 2.07. The number of hydrogen-bond donors (Lipinski definition) is 2. The molecule has 9 heteroatoms. The third-order valence-corrected chi connectivity index (χ3v) is 3.10. The maximum Gasteiger partial charge on any atom is 0.319 e. The van der Waals surface area contributed by atoms with E-state index in [1.807, 2.05) is 0 Å². The Kier molecular flexibility index (Phi) is 7.70. The zero-order chi connectivity index (χ0) is 11.7. The summed E-state index contributed by atoms with van der Waals surface area (Å²) in [5.74, 6) is -0.425. The quantitative estimate of drug-likeness (QED) is 0.311. The highest BCUT2D eigenvalue weighted by atomic mass is 33.1. The second kappa shape index (κ2) is 7.88. The first-order valence-electron chi connectivity index (χ1n) is 3.97. The van der Waals surface area contributed by atoms with Crippen molar-refractivity contribution in [3.63, 3.8) is 0 Å². The van der Waals surface area contributed by atoms with E-state index in [-0.39, 0.29) is 32.2 Å². The van der Waals surface area contributed by atoms with E-state index < -0.39 is 15.1 Å². The van der Waals surface area contributed by atoms with Crippen LogP contribution >= 0.6 is 10.8 Å².